The summed E-state index contributed by atoms with van der Waals surface area (Å²) < 4.78 is 5.49. The van der Waals surface area contributed by atoms with Crippen molar-refractivity contribution in [2.45, 2.75) is 39.0 Å². The van der Waals surface area contributed by atoms with Gasteiger partial charge in [-0.1, -0.05) is 50.3 Å². The first kappa shape index (κ1) is 14.8. The number of carboxylic acids is 1. The molecule has 18 heavy (non-hydrogen) atoms. The lowest BCUT2D eigenvalue weighted by Gasteiger charge is -2.10. The summed E-state index contributed by atoms with van der Waals surface area (Å²) in [5, 5.41) is 9.27. The van der Waals surface area contributed by atoms with Gasteiger partial charge in [0.1, 0.15) is 11.3 Å². The van der Waals surface area contributed by atoms with E-state index in [1.54, 1.807) is 18.2 Å². The number of halogens is 1. The van der Waals surface area contributed by atoms with Crippen molar-refractivity contribution in [2.24, 2.45) is 0 Å². The summed E-state index contributed by atoms with van der Waals surface area (Å²) in [4.78, 5) is 11.1. The highest BCUT2D eigenvalue weighted by Crippen LogP contribution is 2.26. The molecule has 0 bridgehead atoms. The van der Waals surface area contributed by atoms with Crippen LogP contribution < -0.4 is 4.74 Å². The molecule has 0 fully saturated rings. The quantitative estimate of drug-likeness (QED) is 0.713. The van der Waals surface area contributed by atoms with Gasteiger partial charge >= 0.3 is 5.97 Å². The zero-order valence-electron chi connectivity index (χ0n) is 10.6. The fraction of sp³-hybridized carbons (Fsp3) is 0.500. The molecule has 1 N–H and O–H groups in total. The van der Waals surface area contributed by atoms with E-state index in [9.17, 15) is 4.79 Å². The molecular formula is C14H19ClO3. The van der Waals surface area contributed by atoms with Crippen LogP contribution in [0.3, 0.4) is 0 Å². The Bertz CT molecular complexity index is 391. The predicted octanol–water partition coefficient (Wildman–Crippen LogP) is 4.39. The summed E-state index contributed by atoms with van der Waals surface area (Å²) in [6, 6.07) is 4.89. The minimum absolute atomic E-state index is 0.0488. The van der Waals surface area contributed by atoms with Crippen LogP contribution in [0.25, 0.3) is 0 Å². The Balaban J connectivity index is 2.47. The molecule has 0 aliphatic rings. The SMILES string of the molecule is CCCCCCCOc1cccc(Cl)c1C(=O)O. The van der Waals surface area contributed by atoms with Crippen molar-refractivity contribution in [3.05, 3.63) is 28.8 Å². The number of unbranched alkanes of at least 4 members (excludes halogenated alkanes) is 4. The van der Waals surface area contributed by atoms with Crippen LogP contribution in [0.1, 0.15) is 49.4 Å². The van der Waals surface area contributed by atoms with E-state index < -0.39 is 5.97 Å². The van der Waals surface area contributed by atoms with Gasteiger partial charge in [-0.15, -0.1) is 0 Å². The largest absolute Gasteiger partial charge is 0.493 e. The zero-order chi connectivity index (χ0) is 13.4. The highest BCUT2D eigenvalue weighted by Gasteiger charge is 2.15. The number of hydrogen-bond donors (Lipinski definition) is 1. The Labute approximate surface area is 113 Å². The van der Waals surface area contributed by atoms with E-state index >= 15 is 0 Å². The van der Waals surface area contributed by atoms with Crippen LogP contribution in [-0.4, -0.2) is 17.7 Å². The first-order chi connectivity index (χ1) is 8.66. The van der Waals surface area contributed by atoms with Crippen molar-refractivity contribution in [3.8, 4) is 5.75 Å². The maximum Gasteiger partial charge on any atom is 0.341 e. The zero-order valence-corrected chi connectivity index (χ0v) is 11.4. The average molecular weight is 271 g/mol. The molecule has 4 heteroatoms. The molecule has 0 aromatic heterocycles. The van der Waals surface area contributed by atoms with Crippen LogP contribution in [0.5, 0.6) is 5.75 Å². The number of carboxylic acid groups (broad SMARTS) is 1. The van der Waals surface area contributed by atoms with E-state index in [1.807, 2.05) is 0 Å². The fourth-order valence-corrected chi connectivity index (χ4v) is 1.97. The molecule has 100 valence electrons. The molecule has 1 rings (SSSR count). The molecule has 0 saturated heterocycles. The molecule has 3 nitrogen and oxygen atoms in total. The Morgan fingerprint density at radius 2 is 2.00 bits per heavy atom. The number of rotatable bonds is 8. The second-order valence-electron chi connectivity index (χ2n) is 4.18. The molecule has 0 amide bonds. The average Bonchev–Trinajstić information content (AvgIpc) is 2.33. The predicted molar refractivity (Wildman–Crippen MR) is 72.7 cm³/mol. The lowest BCUT2D eigenvalue weighted by atomic mass is 10.1. The molecule has 0 aliphatic carbocycles. The van der Waals surface area contributed by atoms with Crippen molar-refractivity contribution in [2.75, 3.05) is 6.61 Å². The molecule has 1 aromatic carbocycles. The van der Waals surface area contributed by atoms with Crippen LogP contribution in [-0.2, 0) is 0 Å². The monoisotopic (exact) mass is 270 g/mol. The third kappa shape index (κ3) is 4.57. The van der Waals surface area contributed by atoms with E-state index in [0.29, 0.717) is 12.4 Å². The van der Waals surface area contributed by atoms with E-state index in [-0.39, 0.29) is 10.6 Å². The standard InChI is InChI=1S/C14H19ClO3/c1-2-3-4-5-6-10-18-12-9-7-8-11(15)13(12)14(16)17/h7-9H,2-6,10H2,1H3,(H,16,17). The Hall–Kier alpha value is -1.22. The van der Waals surface area contributed by atoms with Crippen molar-refractivity contribution in [1.82, 2.24) is 0 Å². The van der Waals surface area contributed by atoms with E-state index in [4.69, 9.17) is 21.4 Å². The van der Waals surface area contributed by atoms with Gasteiger partial charge in [0.2, 0.25) is 0 Å². The number of ether oxygens (including phenoxy) is 1. The summed E-state index contributed by atoms with van der Waals surface area (Å²) in [6.45, 7) is 2.70. The van der Waals surface area contributed by atoms with Crippen molar-refractivity contribution in [3.63, 3.8) is 0 Å². The molecule has 0 saturated carbocycles. The third-order valence-corrected chi connectivity index (χ3v) is 3.01. The Morgan fingerprint density at radius 1 is 1.28 bits per heavy atom. The summed E-state index contributed by atoms with van der Waals surface area (Å²) in [6.07, 6.45) is 5.68. The third-order valence-electron chi connectivity index (χ3n) is 2.69. The summed E-state index contributed by atoms with van der Waals surface area (Å²) in [7, 11) is 0. The van der Waals surface area contributed by atoms with Gasteiger partial charge in [0.15, 0.2) is 0 Å². The highest BCUT2D eigenvalue weighted by molar-refractivity contribution is 6.33. The summed E-state index contributed by atoms with van der Waals surface area (Å²) in [5.41, 5.74) is 0.0488. The van der Waals surface area contributed by atoms with Gasteiger partial charge in [0.05, 0.1) is 11.6 Å². The maximum atomic E-state index is 11.1. The molecule has 1 aromatic rings. The first-order valence-corrected chi connectivity index (χ1v) is 6.69. The number of hydrogen-bond acceptors (Lipinski definition) is 2. The van der Waals surface area contributed by atoms with Gasteiger partial charge in [-0.25, -0.2) is 4.79 Å². The Morgan fingerprint density at radius 3 is 2.67 bits per heavy atom. The van der Waals surface area contributed by atoms with E-state index in [2.05, 4.69) is 6.92 Å². The number of benzene rings is 1. The highest BCUT2D eigenvalue weighted by atomic mass is 35.5. The molecule has 0 aliphatic heterocycles. The van der Waals surface area contributed by atoms with Gasteiger partial charge < -0.3 is 9.84 Å². The van der Waals surface area contributed by atoms with E-state index in [0.717, 1.165) is 12.8 Å². The molecular weight excluding hydrogens is 252 g/mol. The van der Waals surface area contributed by atoms with Crippen molar-refractivity contribution >= 4 is 17.6 Å². The Kier molecular flexibility index (Phi) is 6.58. The van der Waals surface area contributed by atoms with Crippen LogP contribution in [0.2, 0.25) is 5.02 Å². The molecule has 0 heterocycles. The summed E-state index contributed by atoms with van der Waals surface area (Å²) in [5.74, 6) is -0.702. The fourth-order valence-electron chi connectivity index (χ4n) is 1.72. The van der Waals surface area contributed by atoms with Gasteiger partial charge in [-0.05, 0) is 18.6 Å². The second-order valence-corrected chi connectivity index (χ2v) is 4.59. The molecule has 0 spiro atoms. The lowest BCUT2D eigenvalue weighted by Crippen LogP contribution is -2.05. The number of aromatic carboxylic acids is 1. The smallest absolute Gasteiger partial charge is 0.341 e. The van der Waals surface area contributed by atoms with Crippen molar-refractivity contribution < 1.29 is 14.6 Å². The van der Waals surface area contributed by atoms with Crippen LogP contribution in [0, 0.1) is 0 Å². The molecule has 0 atom stereocenters. The normalized spacial score (nSPS) is 10.3. The van der Waals surface area contributed by atoms with Crippen LogP contribution in [0.4, 0.5) is 0 Å². The van der Waals surface area contributed by atoms with Gasteiger partial charge in [-0.3, -0.25) is 0 Å². The first-order valence-electron chi connectivity index (χ1n) is 6.31. The van der Waals surface area contributed by atoms with Crippen LogP contribution in [0.15, 0.2) is 18.2 Å². The van der Waals surface area contributed by atoms with Gasteiger partial charge in [0, 0.05) is 0 Å². The minimum atomic E-state index is -1.05. The maximum absolute atomic E-state index is 11.1. The lowest BCUT2D eigenvalue weighted by molar-refractivity contribution is 0.0692. The molecule has 0 unspecified atom stereocenters. The molecule has 0 radical (unpaired) electrons. The number of carbonyl (C=O) groups is 1. The van der Waals surface area contributed by atoms with Gasteiger partial charge in [-0.2, -0.15) is 0 Å². The van der Waals surface area contributed by atoms with Crippen molar-refractivity contribution in [1.29, 1.82) is 0 Å². The second kappa shape index (κ2) is 7.98. The van der Waals surface area contributed by atoms with Crippen LogP contribution >= 0.6 is 11.6 Å². The topological polar surface area (TPSA) is 46.5 Å². The minimum Gasteiger partial charge on any atom is -0.493 e. The van der Waals surface area contributed by atoms with E-state index in [1.165, 1.54) is 19.3 Å². The summed E-state index contributed by atoms with van der Waals surface area (Å²) >= 11 is 5.84. The van der Waals surface area contributed by atoms with Gasteiger partial charge in [0.25, 0.3) is 0 Å².